The number of unbranched alkanes of at least 4 members (excludes halogenated alkanes) is 4. The van der Waals surface area contributed by atoms with Crippen LogP contribution in [0.3, 0.4) is 0 Å². The van der Waals surface area contributed by atoms with Gasteiger partial charge < -0.3 is 14.4 Å². The topological polar surface area (TPSA) is 53.7 Å². The predicted molar refractivity (Wildman–Crippen MR) is 109 cm³/mol. The van der Waals surface area contributed by atoms with E-state index >= 15 is 0 Å². The summed E-state index contributed by atoms with van der Waals surface area (Å²) >= 11 is 0. The lowest BCUT2D eigenvalue weighted by atomic mass is 10.0. The highest BCUT2D eigenvalue weighted by atomic mass is 19.4. The minimum atomic E-state index is -4.55. The molecule has 3 rings (SSSR count). The van der Waals surface area contributed by atoms with Crippen LogP contribution in [-0.4, -0.2) is 18.7 Å². The molecule has 0 aliphatic carbocycles. The summed E-state index contributed by atoms with van der Waals surface area (Å²) in [5.74, 6) is -0.219. The molecule has 1 heterocycles. The molecule has 2 aromatic carbocycles. The predicted octanol–water partition coefficient (Wildman–Crippen LogP) is 6.08. The molecule has 0 aliphatic heterocycles. The molecule has 7 heteroatoms. The van der Waals surface area contributed by atoms with Crippen molar-refractivity contribution < 1.29 is 22.7 Å². The van der Waals surface area contributed by atoms with Crippen molar-refractivity contribution in [2.24, 2.45) is 0 Å². The molecule has 0 atom stereocenters. The van der Waals surface area contributed by atoms with Crippen molar-refractivity contribution >= 4 is 27.4 Å². The quantitative estimate of drug-likeness (QED) is 0.293. The Hall–Kier alpha value is -2.70. The number of nitrogens with zero attached hydrogens (tertiary/aromatic N) is 1. The summed E-state index contributed by atoms with van der Waals surface area (Å²) in [4.78, 5) is 14.2. The Bertz CT molecular complexity index is 1070. The minimum absolute atomic E-state index is 0.00201. The number of phenols is 1. The molecule has 1 N–H and O–H groups in total. The van der Waals surface area contributed by atoms with E-state index < -0.39 is 17.4 Å². The van der Waals surface area contributed by atoms with Crippen LogP contribution >= 0.6 is 0 Å². The van der Waals surface area contributed by atoms with Gasteiger partial charge in [-0.15, -0.1) is 0 Å². The SMILES string of the molecule is CCCCCCCN(C)c1cc(O)c2c(c1)oc(=O)c1ccc(C(F)(F)F)cc12. The summed E-state index contributed by atoms with van der Waals surface area (Å²) in [5.41, 5.74) is -0.917. The van der Waals surface area contributed by atoms with Crippen molar-refractivity contribution in [3.63, 3.8) is 0 Å². The highest BCUT2D eigenvalue weighted by Crippen LogP contribution is 2.37. The lowest BCUT2D eigenvalue weighted by molar-refractivity contribution is -0.137. The summed E-state index contributed by atoms with van der Waals surface area (Å²) in [6.45, 7) is 2.91. The number of alkyl halides is 3. The number of rotatable bonds is 7. The van der Waals surface area contributed by atoms with E-state index in [0.29, 0.717) is 5.69 Å². The molecule has 4 nitrogen and oxygen atoms in total. The first-order chi connectivity index (χ1) is 13.7. The van der Waals surface area contributed by atoms with Gasteiger partial charge in [0.1, 0.15) is 11.3 Å². The Morgan fingerprint density at radius 3 is 2.45 bits per heavy atom. The zero-order valence-electron chi connectivity index (χ0n) is 16.5. The molecule has 0 saturated heterocycles. The third kappa shape index (κ3) is 4.49. The molecule has 0 radical (unpaired) electrons. The second-order valence-electron chi connectivity index (χ2n) is 7.32. The molecule has 0 unspecified atom stereocenters. The molecule has 1 aromatic heterocycles. The van der Waals surface area contributed by atoms with Gasteiger partial charge in [0.15, 0.2) is 0 Å². The first kappa shape index (κ1) is 21.0. The van der Waals surface area contributed by atoms with E-state index in [1.165, 1.54) is 12.5 Å². The second-order valence-corrected chi connectivity index (χ2v) is 7.32. The van der Waals surface area contributed by atoms with Crippen LogP contribution in [0.15, 0.2) is 39.5 Å². The normalized spacial score (nSPS) is 12.0. The zero-order chi connectivity index (χ0) is 21.2. The van der Waals surface area contributed by atoms with Gasteiger partial charge in [0, 0.05) is 36.8 Å². The molecule has 29 heavy (non-hydrogen) atoms. The average molecular weight is 407 g/mol. The van der Waals surface area contributed by atoms with Crippen molar-refractivity contribution in [1.29, 1.82) is 0 Å². The van der Waals surface area contributed by atoms with Crippen molar-refractivity contribution in [1.82, 2.24) is 0 Å². The number of halogens is 3. The van der Waals surface area contributed by atoms with Crippen LogP contribution in [-0.2, 0) is 6.18 Å². The highest BCUT2D eigenvalue weighted by molar-refractivity contribution is 6.08. The first-order valence-electron chi connectivity index (χ1n) is 9.74. The number of hydrogen-bond acceptors (Lipinski definition) is 4. The molecule has 0 amide bonds. The van der Waals surface area contributed by atoms with Crippen molar-refractivity contribution in [2.45, 2.75) is 45.2 Å². The van der Waals surface area contributed by atoms with E-state index in [1.54, 1.807) is 6.07 Å². The summed E-state index contributed by atoms with van der Waals surface area (Å²) in [6, 6.07) is 5.88. The average Bonchev–Trinajstić information content (AvgIpc) is 2.66. The van der Waals surface area contributed by atoms with Gasteiger partial charge in [0.05, 0.1) is 16.3 Å². The molecule has 0 aliphatic rings. The minimum Gasteiger partial charge on any atom is -0.507 e. The monoisotopic (exact) mass is 407 g/mol. The summed E-state index contributed by atoms with van der Waals surface area (Å²) < 4.78 is 44.6. The van der Waals surface area contributed by atoms with Gasteiger partial charge in [-0.2, -0.15) is 13.2 Å². The van der Waals surface area contributed by atoms with Gasteiger partial charge in [-0.3, -0.25) is 0 Å². The van der Waals surface area contributed by atoms with Gasteiger partial charge in [0.25, 0.3) is 0 Å². The highest BCUT2D eigenvalue weighted by Gasteiger charge is 2.31. The molecule has 0 bridgehead atoms. The largest absolute Gasteiger partial charge is 0.507 e. The maximum absolute atomic E-state index is 13.1. The van der Waals surface area contributed by atoms with Crippen LogP contribution in [0.4, 0.5) is 18.9 Å². The molecule has 3 aromatic rings. The van der Waals surface area contributed by atoms with Crippen molar-refractivity contribution in [3.8, 4) is 5.75 Å². The number of benzene rings is 2. The Morgan fingerprint density at radius 1 is 1.03 bits per heavy atom. The van der Waals surface area contributed by atoms with Crippen LogP contribution in [0.1, 0.15) is 44.6 Å². The molecule has 0 saturated carbocycles. The van der Waals surface area contributed by atoms with Crippen LogP contribution < -0.4 is 10.5 Å². The van der Waals surface area contributed by atoms with E-state index in [9.17, 15) is 23.1 Å². The standard InChI is InChI=1S/C22H24F3NO3/c1-3-4-5-6-7-10-26(2)15-12-18(27)20-17-11-14(22(23,24)25)8-9-16(17)21(28)29-19(20)13-15/h8-9,11-13,27H,3-7,10H2,1-2H3. The fourth-order valence-corrected chi connectivity index (χ4v) is 3.50. The van der Waals surface area contributed by atoms with E-state index in [-0.39, 0.29) is 27.5 Å². The Kier molecular flexibility index (Phi) is 6.05. The smallest absolute Gasteiger partial charge is 0.416 e. The molecule has 156 valence electrons. The van der Waals surface area contributed by atoms with E-state index in [4.69, 9.17) is 4.42 Å². The Morgan fingerprint density at radius 2 is 1.76 bits per heavy atom. The lowest BCUT2D eigenvalue weighted by Gasteiger charge is -2.20. The van der Waals surface area contributed by atoms with Crippen LogP contribution in [0.2, 0.25) is 0 Å². The van der Waals surface area contributed by atoms with E-state index in [0.717, 1.165) is 50.4 Å². The molecule has 0 fully saturated rings. The summed E-state index contributed by atoms with van der Waals surface area (Å²) in [7, 11) is 1.86. The van der Waals surface area contributed by atoms with E-state index in [2.05, 4.69) is 6.92 Å². The summed E-state index contributed by atoms with van der Waals surface area (Å²) in [6.07, 6.45) is 1.04. The summed E-state index contributed by atoms with van der Waals surface area (Å²) in [5, 5.41) is 10.7. The Labute approximate surface area is 166 Å². The van der Waals surface area contributed by atoms with Gasteiger partial charge in [-0.25, -0.2) is 4.79 Å². The van der Waals surface area contributed by atoms with Gasteiger partial charge in [0.2, 0.25) is 0 Å². The van der Waals surface area contributed by atoms with E-state index in [1.807, 2.05) is 11.9 Å². The lowest BCUT2D eigenvalue weighted by Crippen LogP contribution is -2.18. The molecular formula is C22H24F3NO3. The maximum atomic E-state index is 13.1. The maximum Gasteiger partial charge on any atom is 0.416 e. The Balaban J connectivity index is 2.01. The number of phenolic OH excluding ortho intramolecular Hbond substituents is 1. The fourth-order valence-electron chi connectivity index (χ4n) is 3.50. The second kappa shape index (κ2) is 8.35. The van der Waals surface area contributed by atoms with Crippen LogP contribution in [0, 0.1) is 0 Å². The third-order valence-electron chi connectivity index (χ3n) is 5.14. The van der Waals surface area contributed by atoms with Gasteiger partial charge in [-0.1, -0.05) is 32.6 Å². The number of anilines is 1. The van der Waals surface area contributed by atoms with Crippen LogP contribution in [0.25, 0.3) is 21.7 Å². The van der Waals surface area contributed by atoms with Crippen LogP contribution in [0.5, 0.6) is 5.75 Å². The molecule has 0 spiro atoms. The molecular weight excluding hydrogens is 383 g/mol. The third-order valence-corrected chi connectivity index (χ3v) is 5.14. The number of aromatic hydroxyl groups is 1. The zero-order valence-corrected chi connectivity index (χ0v) is 16.5. The number of fused-ring (bicyclic) bond motifs is 3. The van der Waals surface area contributed by atoms with Gasteiger partial charge in [-0.05, 0) is 24.6 Å². The van der Waals surface area contributed by atoms with Crippen molar-refractivity contribution in [3.05, 3.63) is 46.3 Å². The first-order valence-corrected chi connectivity index (χ1v) is 9.74. The van der Waals surface area contributed by atoms with Gasteiger partial charge >= 0.3 is 11.8 Å². The number of hydrogen-bond donors (Lipinski definition) is 1. The fraction of sp³-hybridized carbons (Fsp3) is 0.409. The van der Waals surface area contributed by atoms with Crippen molar-refractivity contribution in [2.75, 3.05) is 18.5 Å².